The molecule has 0 aromatic heterocycles. The van der Waals surface area contributed by atoms with E-state index in [-0.39, 0.29) is 5.75 Å². The first-order valence-corrected chi connectivity index (χ1v) is 9.38. The Bertz CT molecular complexity index is 682. The van der Waals surface area contributed by atoms with E-state index in [1.165, 1.54) is 5.56 Å². The zero-order valence-electron chi connectivity index (χ0n) is 13.4. The Morgan fingerprint density at radius 1 is 0.913 bits per heavy atom. The van der Waals surface area contributed by atoms with E-state index < -0.39 is 10.0 Å². The molecule has 0 bridgehead atoms. The molecular formula is C18H23NO3S. The Balaban J connectivity index is 1.68. The van der Waals surface area contributed by atoms with E-state index in [1.807, 2.05) is 54.6 Å². The van der Waals surface area contributed by atoms with Crippen LogP contribution < -0.4 is 9.46 Å². The first kappa shape index (κ1) is 17.5. The van der Waals surface area contributed by atoms with Crippen molar-refractivity contribution in [2.45, 2.75) is 25.0 Å². The van der Waals surface area contributed by atoms with Crippen LogP contribution in [0.1, 0.15) is 24.0 Å². The Hall–Kier alpha value is -1.85. The number of unbranched alkanes of at least 4 members (excludes halogenated alkanes) is 1. The molecule has 0 spiro atoms. The summed E-state index contributed by atoms with van der Waals surface area (Å²) in [6, 6.07) is 17.2. The van der Waals surface area contributed by atoms with Crippen LogP contribution in [0.4, 0.5) is 0 Å². The van der Waals surface area contributed by atoms with Crippen molar-refractivity contribution >= 4 is 10.0 Å². The fourth-order valence-electron chi connectivity index (χ4n) is 2.32. The first-order chi connectivity index (χ1) is 11.1. The van der Waals surface area contributed by atoms with E-state index in [1.54, 1.807) is 7.11 Å². The maximum Gasteiger partial charge on any atom is 0.215 e. The van der Waals surface area contributed by atoms with Crippen LogP contribution in [0.5, 0.6) is 5.75 Å². The summed E-state index contributed by atoms with van der Waals surface area (Å²) >= 11 is 0. The van der Waals surface area contributed by atoms with Gasteiger partial charge in [-0.2, -0.15) is 0 Å². The molecule has 0 amide bonds. The predicted octanol–water partition coefficient (Wildman–Crippen LogP) is 3.14. The Kier molecular flexibility index (Phi) is 6.62. The molecule has 2 aromatic carbocycles. The molecule has 4 nitrogen and oxygen atoms in total. The molecule has 0 aliphatic carbocycles. The van der Waals surface area contributed by atoms with Gasteiger partial charge in [-0.15, -0.1) is 0 Å². The highest BCUT2D eigenvalue weighted by atomic mass is 32.2. The van der Waals surface area contributed by atoms with Gasteiger partial charge in [-0.05, 0) is 42.5 Å². The smallest absolute Gasteiger partial charge is 0.215 e. The van der Waals surface area contributed by atoms with Crippen molar-refractivity contribution in [1.29, 1.82) is 0 Å². The highest BCUT2D eigenvalue weighted by molar-refractivity contribution is 7.88. The van der Waals surface area contributed by atoms with E-state index in [0.717, 1.165) is 30.6 Å². The standard InChI is InChI=1S/C18H23NO3S/c1-22-18-12-10-16(11-13-18)7-5-6-14-19-23(20,21)15-17-8-3-2-4-9-17/h2-4,8-13,19H,5-7,14-15H2,1H3. The highest BCUT2D eigenvalue weighted by Gasteiger charge is 2.10. The molecule has 124 valence electrons. The van der Waals surface area contributed by atoms with E-state index in [4.69, 9.17) is 4.74 Å². The maximum atomic E-state index is 12.0. The molecule has 0 heterocycles. The second-order valence-electron chi connectivity index (χ2n) is 5.44. The van der Waals surface area contributed by atoms with Crippen molar-refractivity contribution < 1.29 is 13.2 Å². The lowest BCUT2D eigenvalue weighted by molar-refractivity contribution is 0.414. The molecule has 0 fully saturated rings. The average Bonchev–Trinajstić information content (AvgIpc) is 2.55. The predicted molar refractivity (Wildman–Crippen MR) is 93.0 cm³/mol. The van der Waals surface area contributed by atoms with Crippen molar-refractivity contribution in [1.82, 2.24) is 4.72 Å². The van der Waals surface area contributed by atoms with E-state index >= 15 is 0 Å². The SMILES string of the molecule is COc1ccc(CCCCNS(=O)(=O)Cc2ccccc2)cc1. The largest absolute Gasteiger partial charge is 0.497 e. The number of ether oxygens (including phenoxy) is 1. The Morgan fingerprint density at radius 3 is 2.26 bits per heavy atom. The van der Waals surface area contributed by atoms with Crippen molar-refractivity contribution in [3.8, 4) is 5.75 Å². The van der Waals surface area contributed by atoms with Crippen LogP contribution in [0, 0.1) is 0 Å². The summed E-state index contributed by atoms with van der Waals surface area (Å²) in [6.45, 7) is 0.478. The number of benzene rings is 2. The van der Waals surface area contributed by atoms with Crippen molar-refractivity contribution in [2.75, 3.05) is 13.7 Å². The molecule has 0 atom stereocenters. The molecule has 0 aliphatic heterocycles. The van der Waals surface area contributed by atoms with Gasteiger partial charge in [0.15, 0.2) is 0 Å². The summed E-state index contributed by atoms with van der Waals surface area (Å²) in [7, 11) is -1.61. The summed E-state index contributed by atoms with van der Waals surface area (Å²) in [6.07, 6.45) is 2.70. The number of sulfonamides is 1. The van der Waals surface area contributed by atoms with Gasteiger partial charge in [-0.3, -0.25) is 0 Å². The topological polar surface area (TPSA) is 55.4 Å². The van der Waals surface area contributed by atoms with Crippen LogP contribution >= 0.6 is 0 Å². The Morgan fingerprint density at radius 2 is 1.61 bits per heavy atom. The number of rotatable bonds is 9. The second kappa shape index (κ2) is 8.70. The lowest BCUT2D eigenvalue weighted by atomic mass is 10.1. The van der Waals surface area contributed by atoms with Gasteiger partial charge < -0.3 is 4.74 Å². The second-order valence-corrected chi connectivity index (χ2v) is 7.25. The molecule has 0 aliphatic rings. The van der Waals surface area contributed by atoms with Crippen molar-refractivity contribution in [3.63, 3.8) is 0 Å². The minimum absolute atomic E-state index is 0.0340. The van der Waals surface area contributed by atoms with Gasteiger partial charge in [0.2, 0.25) is 10.0 Å². The van der Waals surface area contributed by atoms with E-state index in [9.17, 15) is 8.42 Å². The van der Waals surface area contributed by atoms with Crippen LogP contribution in [0.25, 0.3) is 0 Å². The molecular weight excluding hydrogens is 310 g/mol. The lowest BCUT2D eigenvalue weighted by Gasteiger charge is -2.07. The molecule has 0 saturated carbocycles. The van der Waals surface area contributed by atoms with Crippen LogP contribution in [0.15, 0.2) is 54.6 Å². The van der Waals surface area contributed by atoms with Crippen molar-refractivity contribution in [2.24, 2.45) is 0 Å². The molecule has 2 rings (SSSR count). The molecule has 0 saturated heterocycles. The van der Waals surface area contributed by atoms with Gasteiger partial charge in [0, 0.05) is 6.54 Å². The van der Waals surface area contributed by atoms with Crippen LogP contribution in [0.3, 0.4) is 0 Å². The fourth-order valence-corrected chi connectivity index (χ4v) is 3.51. The van der Waals surface area contributed by atoms with Crippen LogP contribution in [-0.4, -0.2) is 22.1 Å². The van der Waals surface area contributed by atoms with Crippen LogP contribution in [0.2, 0.25) is 0 Å². The monoisotopic (exact) mass is 333 g/mol. The van der Waals surface area contributed by atoms with Gasteiger partial charge in [-0.25, -0.2) is 13.1 Å². The number of methoxy groups -OCH3 is 1. The summed E-state index contributed by atoms with van der Waals surface area (Å²) < 4.78 is 31.7. The number of nitrogens with one attached hydrogen (secondary N) is 1. The molecule has 1 N–H and O–H groups in total. The van der Waals surface area contributed by atoms with Gasteiger partial charge in [0.1, 0.15) is 5.75 Å². The maximum absolute atomic E-state index is 12.0. The summed E-state index contributed by atoms with van der Waals surface area (Å²) in [5.41, 5.74) is 2.04. The minimum atomic E-state index is -3.26. The quantitative estimate of drug-likeness (QED) is 0.717. The van der Waals surface area contributed by atoms with Gasteiger partial charge in [0.25, 0.3) is 0 Å². The summed E-state index contributed by atoms with van der Waals surface area (Å²) in [5, 5.41) is 0. The third kappa shape index (κ3) is 6.42. The lowest BCUT2D eigenvalue weighted by Crippen LogP contribution is -2.26. The van der Waals surface area contributed by atoms with E-state index in [0.29, 0.717) is 6.54 Å². The zero-order chi connectivity index (χ0) is 16.5. The van der Waals surface area contributed by atoms with Gasteiger partial charge >= 0.3 is 0 Å². The van der Waals surface area contributed by atoms with Gasteiger partial charge in [-0.1, -0.05) is 42.5 Å². The Labute approximate surface area is 138 Å². The number of aryl methyl sites for hydroxylation is 1. The number of hydrogen-bond acceptors (Lipinski definition) is 3. The zero-order valence-corrected chi connectivity index (χ0v) is 14.2. The summed E-state index contributed by atoms with van der Waals surface area (Å²) in [4.78, 5) is 0. The van der Waals surface area contributed by atoms with E-state index in [2.05, 4.69) is 4.72 Å². The molecule has 23 heavy (non-hydrogen) atoms. The number of hydrogen-bond donors (Lipinski definition) is 1. The van der Waals surface area contributed by atoms with Crippen molar-refractivity contribution in [3.05, 3.63) is 65.7 Å². The average molecular weight is 333 g/mol. The first-order valence-electron chi connectivity index (χ1n) is 7.73. The molecule has 2 aromatic rings. The fraction of sp³-hybridized carbons (Fsp3) is 0.333. The molecule has 5 heteroatoms. The highest BCUT2D eigenvalue weighted by Crippen LogP contribution is 2.13. The normalized spacial score (nSPS) is 11.3. The third-order valence-corrected chi connectivity index (χ3v) is 4.93. The molecule has 0 unspecified atom stereocenters. The van der Waals surface area contributed by atoms with Gasteiger partial charge in [0.05, 0.1) is 12.9 Å². The third-order valence-electron chi connectivity index (χ3n) is 3.57. The van der Waals surface area contributed by atoms with Crippen LogP contribution in [-0.2, 0) is 22.2 Å². The summed E-state index contributed by atoms with van der Waals surface area (Å²) in [5.74, 6) is 0.884. The minimum Gasteiger partial charge on any atom is -0.497 e. The molecule has 0 radical (unpaired) electrons.